The molecule has 0 amide bonds. The molecule has 3 N–H and O–H groups in total. The lowest BCUT2D eigenvalue weighted by Gasteiger charge is -2.45. The van der Waals surface area contributed by atoms with E-state index in [1.807, 2.05) is 0 Å². The maximum Gasteiger partial charge on any atom is 0.162 e. The molecule has 0 bridgehead atoms. The molecule has 3 rings (SSSR count). The fourth-order valence-electron chi connectivity index (χ4n) is 3.63. The van der Waals surface area contributed by atoms with Crippen LogP contribution < -0.4 is 10.6 Å². The van der Waals surface area contributed by atoms with Gasteiger partial charge in [0.05, 0.1) is 11.8 Å². The quantitative estimate of drug-likeness (QED) is 0.628. The normalized spacial score (nSPS) is 26.8. The fourth-order valence-corrected chi connectivity index (χ4v) is 3.63. The third-order valence-corrected chi connectivity index (χ3v) is 4.51. The molecule has 1 aliphatic heterocycles. The summed E-state index contributed by atoms with van der Waals surface area (Å²) in [5.41, 5.74) is 6.40. The number of anilines is 1. The number of nitrogens with one attached hydrogen (secondary N) is 1. The number of hydrogen-bond acceptors (Lipinski definition) is 4. The van der Waals surface area contributed by atoms with Gasteiger partial charge in [-0.05, 0) is 37.7 Å². The summed E-state index contributed by atoms with van der Waals surface area (Å²) in [7, 11) is 0. The van der Waals surface area contributed by atoms with Gasteiger partial charge in [-0.2, -0.15) is 5.10 Å². The van der Waals surface area contributed by atoms with Crippen molar-refractivity contribution in [3.63, 3.8) is 0 Å². The van der Waals surface area contributed by atoms with Crippen LogP contribution in [0.2, 0.25) is 0 Å². The van der Waals surface area contributed by atoms with Gasteiger partial charge in [-0.1, -0.05) is 12.8 Å². The fraction of sp³-hybridized carbons (Fsp3) is 0.643. The van der Waals surface area contributed by atoms with Crippen LogP contribution in [0, 0.1) is 11.3 Å². The Morgan fingerprint density at radius 3 is 2.89 bits per heavy atom. The Bertz CT molecular complexity index is 471. The van der Waals surface area contributed by atoms with Gasteiger partial charge in [0.1, 0.15) is 5.84 Å². The minimum absolute atomic E-state index is 0.0860. The highest BCUT2D eigenvalue weighted by atomic mass is 15.3. The minimum atomic E-state index is 0.0860. The molecule has 5 heteroatoms. The summed E-state index contributed by atoms with van der Waals surface area (Å²) in [5.74, 6) is 1.68. The van der Waals surface area contributed by atoms with Gasteiger partial charge in [0.2, 0.25) is 0 Å². The number of piperidine rings is 1. The molecule has 5 nitrogen and oxygen atoms in total. The zero-order chi connectivity index (χ0) is 13.2. The van der Waals surface area contributed by atoms with E-state index >= 15 is 0 Å². The molecule has 0 aromatic carbocycles. The van der Waals surface area contributed by atoms with Crippen LogP contribution in [0.4, 0.5) is 5.82 Å². The Kier molecular flexibility index (Phi) is 3.36. The molecule has 19 heavy (non-hydrogen) atoms. The molecule has 1 aromatic heterocycles. The van der Waals surface area contributed by atoms with Crippen LogP contribution in [0.5, 0.6) is 0 Å². The molecule has 2 heterocycles. The van der Waals surface area contributed by atoms with Gasteiger partial charge >= 0.3 is 0 Å². The zero-order valence-electron chi connectivity index (χ0n) is 11.2. The van der Waals surface area contributed by atoms with Gasteiger partial charge in [-0.15, -0.1) is 5.10 Å². The summed E-state index contributed by atoms with van der Waals surface area (Å²) < 4.78 is 0. The first-order valence-corrected chi connectivity index (χ1v) is 7.20. The molecular weight excluding hydrogens is 238 g/mol. The van der Waals surface area contributed by atoms with E-state index in [0.717, 1.165) is 23.8 Å². The average Bonchev–Trinajstić information content (AvgIpc) is 2.46. The Balaban J connectivity index is 1.94. The third kappa shape index (κ3) is 2.29. The lowest BCUT2D eigenvalue weighted by molar-refractivity contribution is 0.242. The first-order valence-electron chi connectivity index (χ1n) is 7.20. The van der Waals surface area contributed by atoms with Gasteiger partial charge in [0, 0.05) is 12.6 Å². The van der Waals surface area contributed by atoms with Crippen LogP contribution in [-0.2, 0) is 0 Å². The van der Waals surface area contributed by atoms with Crippen LogP contribution in [-0.4, -0.2) is 28.6 Å². The van der Waals surface area contributed by atoms with E-state index in [9.17, 15) is 0 Å². The first kappa shape index (κ1) is 12.4. The van der Waals surface area contributed by atoms with Crippen molar-refractivity contribution in [2.24, 2.45) is 11.7 Å². The molecule has 1 aromatic rings. The zero-order valence-corrected chi connectivity index (χ0v) is 11.2. The minimum Gasteiger partial charge on any atom is -0.384 e. The number of nitrogen functional groups attached to an aromatic ring is 1. The van der Waals surface area contributed by atoms with Gasteiger partial charge in [0.25, 0.3) is 0 Å². The highest BCUT2D eigenvalue weighted by molar-refractivity contribution is 5.99. The Morgan fingerprint density at radius 1 is 1.26 bits per heavy atom. The van der Waals surface area contributed by atoms with Gasteiger partial charge < -0.3 is 10.6 Å². The molecule has 1 saturated heterocycles. The number of rotatable bonds is 2. The highest BCUT2D eigenvalue weighted by Crippen LogP contribution is 2.37. The van der Waals surface area contributed by atoms with E-state index < -0.39 is 0 Å². The second-order valence-electron chi connectivity index (χ2n) is 5.63. The van der Waals surface area contributed by atoms with E-state index in [-0.39, 0.29) is 5.84 Å². The average molecular weight is 259 g/mol. The van der Waals surface area contributed by atoms with Crippen LogP contribution in [0.15, 0.2) is 12.3 Å². The number of amidine groups is 1. The summed E-state index contributed by atoms with van der Waals surface area (Å²) in [6.07, 6.45) is 9.37. The lowest BCUT2D eigenvalue weighted by atomic mass is 9.78. The van der Waals surface area contributed by atoms with Crippen LogP contribution in [0.1, 0.15) is 44.1 Å². The predicted molar refractivity (Wildman–Crippen MR) is 75.4 cm³/mol. The van der Waals surface area contributed by atoms with Gasteiger partial charge in [-0.3, -0.25) is 5.41 Å². The van der Waals surface area contributed by atoms with Gasteiger partial charge in [-0.25, -0.2) is 0 Å². The van der Waals surface area contributed by atoms with E-state index in [2.05, 4.69) is 15.1 Å². The Hall–Kier alpha value is -1.65. The summed E-state index contributed by atoms with van der Waals surface area (Å²) in [6.45, 7) is 1.01. The second-order valence-corrected chi connectivity index (χ2v) is 5.63. The van der Waals surface area contributed by atoms with Crippen molar-refractivity contribution in [3.8, 4) is 0 Å². The van der Waals surface area contributed by atoms with E-state index in [0.29, 0.717) is 6.04 Å². The summed E-state index contributed by atoms with van der Waals surface area (Å²) in [6, 6.07) is 2.37. The molecule has 0 unspecified atom stereocenters. The molecular formula is C14H21N5. The van der Waals surface area contributed by atoms with E-state index in [4.69, 9.17) is 11.1 Å². The molecule has 2 fully saturated rings. The molecule has 1 aliphatic carbocycles. The second kappa shape index (κ2) is 5.15. The number of fused-ring (bicyclic) bond motifs is 1. The van der Waals surface area contributed by atoms with Crippen molar-refractivity contribution >= 4 is 11.7 Å². The first-order chi connectivity index (χ1) is 9.27. The van der Waals surface area contributed by atoms with Crippen LogP contribution in [0.3, 0.4) is 0 Å². The monoisotopic (exact) mass is 259 g/mol. The largest absolute Gasteiger partial charge is 0.384 e. The van der Waals surface area contributed by atoms with Crippen molar-refractivity contribution in [1.82, 2.24) is 10.2 Å². The molecule has 1 saturated carbocycles. The smallest absolute Gasteiger partial charge is 0.162 e. The standard InChI is InChI=1S/C14H21N5/c15-13(16)11-7-8-17-18-14(11)19-9-3-5-10-4-1-2-6-12(10)19/h7-8,10,12H,1-6,9H2,(H3,15,16)/t10-,12-/m1/s1. The molecule has 2 aliphatic rings. The number of nitrogens with zero attached hydrogens (tertiary/aromatic N) is 3. The summed E-state index contributed by atoms with van der Waals surface area (Å²) in [4.78, 5) is 2.36. The summed E-state index contributed by atoms with van der Waals surface area (Å²) >= 11 is 0. The summed E-state index contributed by atoms with van der Waals surface area (Å²) in [5, 5.41) is 16.0. The topological polar surface area (TPSA) is 78.9 Å². The van der Waals surface area contributed by atoms with E-state index in [1.165, 1.54) is 38.5 Å². The van der Waals surface area contributed by atoms with Crippen LogP contribution in [0.25, 0.3) is 0 Å². The maximum absolute atomic E-state index is 7.71. The predicted octanol–water partition coefficient (Wildman–Crippen LogP) is 1.92. The van der Waals surface area contributed by atoms with Crippen LogP contribution >= 0.6 is 0 Å². The number of aromatic nitrogens is 2. The van der Waals surface area contributed by atoms with Crippen molar-refractivity contribution < 1.29 is 0 Å². The maximum atomic E-state index is 7.71. The Labute approximate surface area is 113 Å². The van der Waals surface area contributed by atoms with E-state index in [1.54, 1.807) is 12.3 Å². The van der Waals surface area contributed by atoms with Gasteiger partial charge in [0.15, 0.2) is 5.82 Å². The molecule has 0 radical (unpaired) electrons. The molecule has 102 valence electrons. The van der Waals surface area contributed by atoms with Crippen molar-refractivity contribution in [1.29, 1.82) is 5.41 Å². The van der Waals surface area contributed by atoms with Crippen molar-refractivity contribution in [2.45, 2.75) is 44.6 Å². The molecule has 0 spiro atoms. The lowest BCUT2D eigenvalue weighted by Crippen LogP contribution is -2.48. The number of nitrogens with two attached hydrogens (primary N) is 1. The van der Waals surface area contributed by atoms with Crippen molar-refractivity contribution in [3.05, 3.63) is 17.8 Å². The Morgan fingerprint density at radius 2 is 2.05 bits per heavy atom. The highest BCUT2D eigenvalue weighted by Gasteiger charge is 2.35. The number of hydrogen-bond donors (Lipinski definition) is 2. The SMILES string of the molecule is N=C(N)c1ccnnc1N1CCC[C@H]2CCCC[C@H]21. The third-order valence-electron chi connectivity index (χ3n) is 4.51. The molecule has 2 atom stereocenters. The van der Waals surface area contributed by atoms with Crippen molar-refractivity contribution in [2.75, 3.05) is 11.4 Å².